The number of hydrogen-bond donors (Lipinski definition) is 4. The van der Waals surface area contributed by atoms with Crippen LogP contribution in [0.2, 0.25) is 0 Å². The summed E-state index contributed by atoms with van der Waals surface area (Å²) in [5, 5.41) is 24.4. The fourth-order valence-electron chi connectivity index (χ4n) is 5.00. The van der Waals surface area contributed by atoms with Gasteiger partial charge in [-0.3, -0.25) is 18.9 Å². The Labute approximate surface area is 236 Å². The van der Waals surface area contributed by atoms with E-state index in [0.717, 1.165) is 32.1 Å². The number of carbonyl (C=O) groups is 1. The SMILES string of the molecule is C[C@H](NP(=O)(Oc1cccnc1)O[C@@H](C)[C@H]1O[C@@H](n2cnc3c(N)ncnc32)[C@H](O)[C@@H]1O)C(=O)OC1CCCCC1. The molecule has 3 aromatic rings. The number of imidazole rings is 1. The molecule has 0 amide bonds. The highest BCUT2D eigenvalue weighted by Gasteiger charge is 2.49. The van der Waals surface area contributed by atoms with E-state index in [-0.39, 0.29) is 17.7 Å². The van der Waals surface area contributed by atoms with Crippen LogP contribution in [0.4, 0.5) is 5.82 Å². The Morgan fingerprint density at radius 2 is 1.98 bits per heavy atom. The molecule has 16 heteroatoms. The van der Waals surface area contributed by atoms with Gasteiger partial charge in [0, 0.05) is 6.20 Å². The summed E-state index contributed by atoms with van der Waals surface area (Å²) in [7, 11) is -4.30. The number of rotatable bonds is 10. The summed E-state index contributed by atoms with van der Waals surface area (Å²) in [6.07, 6.45) is 3.64. The maximum absolute atomic E-state index is 14.0. The van der Waals surface area contributed by atoms with Crippen molar-refractivity contribution in [2.75, 3.05) is 5.73 Å². The van der Waals surface area contributed by atoms with Crippen molar-refractivity contribution in [3.8, 4) is 5.75 Å². The molecule has 5 rings (SSSR count). The first kappa shape index (κ1) is 29.3. The molecule has 5 N–H and O–H groups in total. The number of ether oxygens (including phenoxy) is 2. The van der Waals surface area contributed by atoms with Gasteiger partial charge in [-0.1, -0.05) is 6.42 Å². The van der Waals surface area contributed by atoms with Crippen LogP contribution in [-0.2, 0) is 23.4 Å². The minimum atomic E-state index is -4.30. The second kappa shape index (κ2) is 12.3. The van der Waals surface area contributed by atoms with Gasteiger partial charge in [0.05, 0.1) is 18.6 Å². The fourth-order valence-corrected chi connectivity index (χ4v) is 6.68. The summed E-state index contributed by atoms with van der Waals surface area (Å²) in [5.74, 6) is -0.328. The van der Waals surface area contributed by atoms with Crippen LogP contribution in [0.15, 0.2) is 37.2 Å². The average Bonchev–Trinajstić information content (AvgIpc) is 3.51. The summed E-state index contributed by atoms with van der Waals surface area (Å²) in [6, 6.07) is 2.06. The lowest BCUT2D eigenvalue weighted by molar-refractivity contribution is -0.152. The average molecular weight is 592 g/mol. The van der Waals surface area contributed by atoms with Crippen molar-refractivity contribution in [3.05, 3.63) is 37.2 Å². The predicted molar refractivity (Wildman–Crippen MR) is 144 cm³/mol. The van der Waals surface area contributed by atoms with Gasteiger partial charge in [0.1, 0.15) is 48.1 Å². The number of esters is 1. The Kier molecular flexibility index (Phi) is 8.82. The highest BCUT2D eigenvalue weighted by atomic mass is 31.2. The Hall–Kier alpha value is -3.20. The van der Waals surface area contributed by atoms with Crippen LogP contribution in [0.25, 0.3) is 11.2 Å². The van der Waals surface area contributed by atoms with E-state index in [0.29, 0.717) is 11.2 Å². The van der Waals surface area contributed by atoms with E-state index in [2.05, 4.69) is 25.0 Å². The van der Waals surface area contributed by atoms with E-state index < -0.39 is 50.4 Å². The number of nitrogens with two attached hydrogens (primary N) is 1. The standard InChI is InChI=1S/C25H34N7O8P/c1-14(25(35)37-16-7-4-3-5-8-16)31-41(36,40-17-9-6-10-27-11-17)39-15(2)21-19(33)20(34)24(38-21)32-13-30-18-22(26)28-12-29-23(18)32/h6,9-16,19-21,24,33-34H,3-5,7-8H2,1-2H3,(H,31,36)(H2,26,28,29)/t14-,15-,19-,20+,21+,24+,41?/m0/s1. The molecule has 4 heterocycles. The van der Waals surface area contributed by atoms with Gasteiger partial charge in [0.25, 0.3) is 0 Å². The molecule has 1 saturated heterocycles. The number of nitrogens with one attached hydrogen (secondary N) is 1. The molecule has 7 atom stereocenters. The summed E-state index contributed by atoms with van der Waals surface area (Å²) < 4.78 is 38.6. The van der Waals surface area contributed by atoms with Crippen molar-refractivity contribution in [2.24, 2.45) is 0 Å². The minimum Gasteiger partial charge on any atom is -0.461 e. The number of aliphatic hydroxyl groups excluding tert-OH is 2. The normalized spacial score (nSPS) is 26.3. The van der Waals surface area contributed by atoms with E-state index in [1.54, 1.807) is 6.07 Å². The second-order valence-electron chi connectivity index (χ2n) is 10.2. The Morgan fingerprint density at radius 1 is 1.20 bits per heavy atom. The van der Waals surface area contributed by atoms with Crippen molar-refractivity contribution >= 4 is 30.7 Å². The van der Waals surface area contributed by atoms with E-state index >= 15 is 0 Å². The molecule has 3 aromatic heterocycles. The van der Waals surface area contributed by atoms with Crippen LogP contribution in [0.1, 0.15) is 52.2 Å². The molecule has 222 valence electrons. The largest absolute Gasteiger partial charge is 0.461 e. The maximum atomic E-state index is 14.0. The lowest BCUT2D eigenvalue weighted by atomic mass is 9.98. The predicted octanol–water partition coefficient (Wildman–Crippen LogP) is 1.87. The van der Waals surface area contributed by atoms with Crippen LogP contribution in [0, 0.1) is 0 Å². The van der Waals surface area contributed by atoms with Gasteiger partial charge < -0.3 is 29.9 Å². The zero-order valence-corrected chi connectivity index (χ0v) is 23.5. The van der Waals surface area contributed by atoms with Crippen molar-refractivity contribution in [3.63, 3.8) is 0 Å². The van der Waals surface area contributed by atoms with E-state index in [1.165, 1.54) is 49.5 Å². The third-order valence-electron chi connectivity index (χ3n) is 7.10. The lowest BCUT2D eigenvalue weighted by Gasteiger charge is -2.29. The molecule has 0 radical (unpaired) electrons. The third-order valence-corrected chi connectivity index (χ3v) is 8.87. The van der Waals surface area contributed by atoms with E-state index in [9.17, 15) is 19.6 Å². The van der Waals surface area contributed by atoms with Gasteiger partial charge in [-0.25, -0.2) is 19.5 Å². The van der Waals surface area contributed by atoms with Gasteiger partial charge in [0.2, 0.25) is 0 Å². The van der Waals surface area contributed by atoms with Crippen LogP contribution in [-0.4, -0.2) is 77.2 Å². The molecule has 0 aromatic carbocycles. The van der Waals surface area contributed by atoms with Crippen LogP contribution < -0.4 is 15.3 Å². The molecule has 0 spiro atoms. The number of carbonyl (C=O) groups excluding carboxylic acids is 1. The van der Waals surface area contributed by atoms with Gasteiger partial charge in [0.15, 0.2) is 17.7 Å². The molecule has 1 unspecified atom stereocenters. The highest BCUT2D eigenvalue weighted by molar-refractivity contribution is 7.52. The highest BCUT2D eigenvalue weighted by Crippen LogP contribution is 2.48. The van der Waals surface area contributed by atoms with E-state index in [1.807, 2.05) is 0 Å². The first-order valence-electron chi connectivity index (χ1n) is 13.5. The number of aliphatic hydroxyl groups is 2. The first-order chi connectivity index (χ1) is 19.6. The van der Waals surface area contributed by atoms with Crippen molar-refractivity contribution < 1.29 is 38.1 Å². The van der Waals surface area contributed by atoms with Crippen LogP contribution in [0.5, 0.6) is 5.75 Å². The Balaban J connectivity index is 1.32. The number of fused-ring (bicyclic) bond motifs is 1. The van der Waals surface area contributed by atoms with Gasteiger partial charge >= 0.3 is 13.7 Å². The molecule has 15 nitrogen and oxygen atoms in total. The number of pyridine rings is 1. The molecular weight excluding hydrogens is 557 g/mol. The molecule has 1 aliphatic carbocycles. The smallest absolute Gasteiger partial charge is 0.459 e. The van der Waals surface area contributed by atoms with E-state index in [4.69, 9.17) is 24.3 Å². The Morgan fingerprint density at radius 3 is 2.71 bits per heavy atom. The summed E-state index contributed by atoms with van der Waals surface area (Å²) >= 11 is 0. The minimum absolute atomic E-state index is 0.122. The quantitative estimate of drug-likeness (QED) is 0.196. The van der Waals surface area contributed by atoms with Crippen molar-refractivity contribution in [1.29, 1.82) is 0 Å². The third kappa shape index (κ3) is 6.50. The van der Waals surface area contributed by atoms with Crippen LogP contribution in [0.3, 0.4) is 0 Å². The number of nitrogen functional groups attached to an aromatic ring is 1. The molecule has 41 heavy (non-hydrogen) atoms. The maximum Gasteiger partial charge on any atom is 0.459 e. The van der Waals surface area contributed by atoms with Gasteiger partial charge in [-0.15, -0.1) is 0 Å². The molecular formula is C25H34N7O8P. The van der Waals surface area contributed by atoms with Gasteiger partial charge in [-0.2, -0.15) is 5.09 Å². The number of nitrogens with zero attached hydrogens (tertiary/aromatic N) is 5. The molecule has 1 aliphatic heterocycles. The number of aromatic nitrogens is 5. The Bertz CT molecular complexity index is 1390. The summed E-state index contributed by atoms with van der Waals surface area (Å²) in [5.41, 5.74) is 6.46. The zero-order valence-electron chi connectivity index (χ0n) is 22.6. The summed E-state index contributed by atoms with van der Waals surface area (Å²) in [4.78, 5) is 29.0. The number of anilines is 1. The first-order valence-corrected chi connectivity index (χ1v) is 15.0. The fraction of sp³-hybridized carbons (Fsp3) is 0.560. The number of hydrogen-bond acceptors (Lipinski definition) is 13. The molecule has 0 bridgehead atoms. The van der Waals surface area contributed by atoms with Crippen LogP contribution >= 0.6 is 7.75 Å². The second-order valence-corrected chi connectivity index (χ2v) is 11.8. The monoisotopic (exact) mass is 591 g/mol. The zero-order chi connectivity index (χ0) is 29.1. The summed E-state index contributed by atoms with van der Waals surface area (Å²) in [6.45, 7) is 3.00. The molecule has 2 fully saturated rings. The van der Waals surface area contributed by atoms with Crippen molar-refractivity contribution in [1.82, 2.24) is 29.6 Å². The van der Waals surface area contributed by atoms with Gasteiger partial charge in [-0.05, 0) is 51.7 Å². The molecule has 2 aliphatic rings. The van der Waals surface area contributed by atoms with Crippen molar-refractivity contribution in [2.45, 2.75) is 88.7 Å². The molecule has 1 saturated carbocycles. The topological polar surface area (TPSA) is 206 Å². The lowest BCUT2D eigenvalue weighted by Crippen LogP contribution is -2.41.